The maximum absolute atomic E-state index is 12.4. The number of hydrogen-bond acceptors (Lipinski definition) is 4. The lowest BCUT2D eigenvalue weighted by molar-refractivity contribution is 0.101. The Kier molecular flexibility index (Phi) is 5.18. The number of nitrogens with zero attached hydrogens (tertiary/aromatic N) is 3. The number of nitriles is 1. The van der Waals surface area contributed by atoms with Crippen LogP contribution in [0.15, 0.2) is 48.5 Å². The molecular weight excluding hydrogens is 328 g/mol. The molecule has 0 aromatic heterocycles. The molecule has 1 aliphatic heterocycles. The number of carbonyl (C=O) groups excluding carboxylic acids is 2. The van der Waals surface area contributed by atoms with E-state index in [9.17, 15) is 9.59 Å². The fourth-order valence-corrected chi connectivity index (χ4v) is 2.91. The minimum absolute atomic E-state index is 0.0563. The van der Waals surface area contributed by atoms with Gasteiger partial charge in [0.1, 0.15) is 0 Å². The van der Waals surface area contributed by atoms with Crippen molar-refractivity contribution in [1.82, 2.24) is 4.90 Å². The van der Waals surface area contributed by atoms with Gasteiger partial charge in [0.15, 0.2) is 5.78 Å². The zero-order valence-corrected chi connectivity index (χ0v) is 14.6. The van der Waals surface area contributed by atoms with Crippen molar-refractivity contribution in [2.75, 3.05) is 36.4 Å². The molecule has 0 bridgehead atoms. The van der Waals surface area contributed by atoms with Gasteiger partial charge in [0.2, 0.25) is 0 Å². The summed E-state index contributed by atoms with van der Waals surface area (Å²) in [5.41, 5.74) is 3.00. The Hall–Kier alpha value is -3.33. The Labute approximate surface area is 152 Å². The van der Waals surface area contributed by atoms with Gasteiger partial charge in [-0.15, -0.1) is 0 Å². The molecule has 2 aromatic rings. The third-order valence-corrected chi connectivity index (χ3v) is 4.47. The summed E-state index contributed by atoms with van der Waals surface area (Å²) in [5, 5.41) is 11.7. The van der Waals surface area contributed by atoms with Crippen LogP contribution in [0.1, 0.15) is 22.8 Å². The average Bonchev–Trinajstić information content (AvgIpc) is 2.69. The monoisotopic (exact) mass is 348 g/mol. The van der Waals surface area contributed by atoms with E-state index in [1.54, 1.807) is 36.1 Å². The molecule has 6 nitrogen and oxygen atoms in total. The van der Waals surface area contributed by atoms with Crippen molar-refractivity contribution in [2.45, 2.75) is 6.92 Å². The molecule has 6 heteroatoms. The minimum atomic E-state index is -0.138. The molecule has 0 unspecified atom stereocenters. The van der Waals surface area contributed by atoms with Crippen LogP contribution in [0.25, 0.3) is 0 Å². The molecule has 0 atom stereocenters. The highest BCUT2D eigenvalue weighted by Crippen LogP contribution is 2.18. The molecule has 1 fully saturated rings. The fourth-order valence-electron chi connectivity index (χ4n) is 2.91. The van der Waals surface area contributed by atoms with Crippen LogP contribution in [-0.4, -0.2) is 42.9 Å². The third kappa shape index (κ3) is 4.01. The largest absolute Gasteiger partial charge is 0.368 e. The van der Waals surface area contributed by atoms with E-state index in [1.807, 2.05) is 24.3 Å². The minimum Gasteiger partial charge on any atom is -0.368 e. The molecular formula is C20H20N4O2. The number of Topliss-reactive ketones (excluding diaryl/α,β-unsaturated/α-hetero) is 1. The first-order valence-corrected chi connectivity index (χ1v) is 8.49. The second-order valence-electron chi connectivity index (χ2n) is 6.20. The zero-order valence-electron chi connectivity index (χ0n) is 14.6. The van der Waals surface area contributed by atoms with Gasteiger partial charge in [-0.3, -0.25) is 4.79 Å². The molecule has 3 rings (SSSR count). The first-order valence-electron chi connectivity index (χ1n) is 8.49. The summed E-state index contributed by atoms with van der Waals surface area (Å²) < 4.78 is 0. The van der Waals surface area contributed by atoms with E-state index in [-0.39, 0.29) is 11.8 Å². The SMILES string of the molecule is CC(=O)c1ccc(N2CCN(C(=O)Nc3ccc(C#N)cc3)CC2)cc1. The van der Waals surface area contributed by atoms with E-state index in [0.29, 0.717) is 29.9 Å². The van der Waals surface area contributed by atoms with E-state index in [4.69, 9.17) is 5.26 Å². The Balaban J connectivity index is 1.54. The number of carbonyl (C=O) groups is 2. The van der Waals surface area contributed by atoms with Gasteiger partial charge >= 0.3 is 6.03 Å². The Morgan fingerprint density at radius 3 is 2.12 bits per heavy atom. The number of anilines is 2. The topological polar surface area (TPSA) is 76.4 Å². The van der Waals surface area contributed by atoms with Gasteiger partial charge in [0.25, 0.3) is 0 Å². The van der Waals surface area contributed by atoms with E-state index < -0.39 is 0 Å². The molecule has 1 N–H and O–H groups in total. The molecule has 1 heterocycles. The predicted octanol–water partition coefficient (Wildman–Crippen LogP) is 3.11. The third-order valence-electron chi connectivity index (χ3n) is 4.47. The van der Waals surface area contributed by atoms with Gasteiger partial charge in [-0.05, 0) is 55.5 Å². The quantitative estimate of drug-likeness (QED) is 0.865. The molecule has 0 spiro atoms. The lowest BCUT2D eigenvalue weighted by atomic mass is 10.1. The number of amides is 2. The highest BCUT2D eigenvalue weighted by Gasteiger charge is 2.21. The van der Waals surface area contributed by atoms with Gasteiger partial charge in [0.05, 0.1) is 11.6 Å². The molecule has 1 saturated heterocycles. The van der Waals surface area contributed by atoms with Crippen molar-refractivity contribution >= 4 is 23.2 Å². The summed E-state index contributed by atoms with van der Waals surface area (Å²) in [7, 11) is 0. The van der Waals surface area contributed by atoms with Gasteiger partial charge in [-0.25, -0.2) is 4.79 Å². The second kappa shape index (κ2) is 7.70. The van der Waals surface area contributed by atoms with Crippen LogP contribution in [0, 0.1) is 11.3 Å². The van der Waals surface area contributed by atoms with E-state index in [0.717, 1.165) is 18.8 Å². The molecule has 0 saturated carbocycles. The maximum atomic E-state index is 12.4. The number of urea groups is 1. The number of nitrogens with one attached hydrogen (secondary N) is 1. The van der Waals surface area contributed by atoms with Crippen molar-refractivity contribution in [3.63, 3.8) is 0 Å². The van der Waals surface area contributed by atoms with Crippen LogP contribution in [0.5, 0.6) is 0 Å². The standard InChI is InChI=1S/C20H20N4O2/c1-15(25)17-4-8-19(9-5-17)23-10-12-24(13-11-23)20(26)22-18-6-2-16(14-21)3-7-18/h2-9H,10-13H2,1H3,(H,22,26). The second-order valence-corrected chi connectivity index (χ2v) is 6.20. The van der Waals surface area contributed by atoms with Crippen LogP contribution in [-0.2, 0) is 0 Å². The molecule has 2 amide bonds. The first-order chi connectivity index (χ1) is 12.6. The molecule has 1 aliphatic rings. The van der Waals surface area contributed by atoms with E-state index >= 15 is 0 Å². The average molecular weight is 348 g/mol. The van der Waals surface area contributed by atoms with Crippen LogP contribution in [0.3, 0.4) is 0 Å². The van der Waals surface area contributed by atoms with Gasteiger partial charge in [0, 0.05) is 43.1 Å². The Bertz CT molecular complexity index is 830. The number of rotatable bonds is 3. The zero-order chi connectivity index (χ0) is 18.5. The molecule has 0 radical (unpaired) electrons. The number of benzene rings is 2. The predicted molar refractivity (Wildman–Crippen MR) is 100 cm³/mol. The molecule has 2 aromatic carbocycles. The smallest absolute Gasteiger partial charge is 0.321 e. The van der Waals surface area contributed by atoms with Gasteiger partial charge < -0.3 is 15.1 Å². The number of hydrogen-bond donors (Lipinski definition) is 1. The summed E-state index contributed by atoms with van der Waals surface area (Å²) in [5.74, 6) is 0.0563. The van der Waals surface area contributed by atoms with E-state index in [2.05, 4.69) is 16.3 Å². The molecule has 26 heavy (non-hydrogen) atoms. The summed E-state index contributed by atoms with van der Waals surface area (Å²) in [6.07, 6.45) is 0. The number of piperazine rings is 1. The van der Waals surface area contributed by atoms with Crippen molar-refractivity contribution in [2.24, 2.45) is 0 Å². The highest BCUT2D eigenvalue weighted by molar-refractivity contribution is 5.94. The normalized spacial score (nSPS) is 13.8. The summed E-state index contributed by atoms with van der Waals surface area (Å²) in [6, 6.07) is 16.3. The Morgan fingerprint density at radius 2 is 1.58 bits per heavy atom. The fraction of sp³-hybridized carbons (Fsp3) is 0.250. The van der Waals surface area contributed by atoms with Crippen LogP contribution >= 0.6 is 0 Å². The summed E-state index contributed by atoms with van der Waals surface area (Å²) in [4.78, 5) is 27.7. The van der Waals surface area contributed by atoms with Gasteiger partial charge in [-0.2, -0.15) is 5.26 Å². The van der Waals surface area contributed by atoms with Crippen LogP contribution in [0.2, 0.25) is 0 Å². The summed E-state index contributed by atoms with van der Waals surface area (Å²) in [6.45, 7) is 4.27. The maximum Gasteiger partial charge on any atom is 0.321 e. The lowest BCUT2D eigenvalue weighted by Gasteiger charge is -2.36. The van der Waals surface area contributed by atoms with Crippen molar-refractivity contribution in [1.29, 1.82) is 5.26 Å². The molecule has 0 aliphatic carbocycles. The van der Waals surface area contributed by atoms with Crippen molar-refractivity contribution in [3.8, 4) is 6.07 Å². The van der Waals surface area contributed by atoms with E-state index in [1.165, 1.54) is 0 Å². The first kappa shape index (κ1) is 17.5. The van der Waals surface area contributed by atoms with Crippen LogP contribution in [0.4, 0.5) is 16.2 Å². The Morgan fingerprint density at radius 1 is 0.962 bits per heavy atom. The van der Waals surface area contributed by atoms with Crippen LogP contribution < -0.4 is 10.2 Å². The van der Waals surface area contributed by atoms with Gasteiger partial charge in [-0.1, -0.05) is 0 Å². The van der Waals surface area contributed by atoms with Crippen molar-refractivity contribution in [3.05, 3.63) is 59.7 Å². The lowest BCUT2D eigenvalue weighted by Crippen LogP contribution is -2.50. The van der Waals surface area contributed by atoms with Crippen molar-refractivity contribution < 1.29 is 9.59 Å². The summed E-state index contributed by atoms with van der Waals surface area (Å²) >= 11 is 0. The highest BCUT2D eigenvalue weighted by atomic mass is 16.2. The molecule has 132 valence electrons. The number of ketones is 1.